The first kappa shape index (κ1) is 22.2. The molecule has 162 valence electrons. The van der Waals surface area contributed by atoms with Crippen molar-refractivity contribution in [2.24, 2.45) is 5.10 Å². The third-order valence-electron chi connectivity index (χ3n) is 4.10. The SMILES string of the molecule is COc1cccc(NC(=O)C(=O)NN=Cc2ccc(OC(=O)c3ccccc3F)cc2)c1. The van der Waals surface area contributed by atoms with Gasteiger partial charge in [0.15, 0.2) is 0 Å². The van der Waals surface area contributed by atoms with E-state index < -0.39 is 23.6 Å². The lowest BCUT2D eigenvalue weighted by atomic mass is 10.2. The average molecular weight is 435 g/mol. The molecule has 0 aliphatic heterocycles. The molecule has 0 bridgehead atoms. The Morgan fingerprint density at radius 3 is 2.38 bits per heavy atom. The van der Waals surface area contributed by atoms with E-state index in [0.717, 1.165) is 0 Å². The second-order valence-electron chi connectivity index (χ2n) is 6.32. The van der Waals surface area contributed by atoms with Gasteiger partial charge in [-0.25, -0.2) is 14.6 Å². The molecule has 32 heavy (non-hydrogen) atoms. The Hall–Kier alpha value is -4.53. The van der Waals surface area contributed by atoms with Crippen molar-refractivity contribution in [2.45, 2.75) is 0 Å². The number of benzene rings is 3. The van der Waals surface area contributed by atoms with Crippen molar-refractivity contribution in [3.05, 3.63) is 89.7 Å². The number of ether oxygens (including phenoxy) is 2. The molecule has 0 heterocycles. The van der Waals surface area contributed by atoms with Gasteiger partial charge < -0.3 is 14.8 Å². The van der Waals surface area contributed by atoms with Crippen LogP contribution in [-0.4, -0.2) is 31.1 Å². The zero-order valence-electron chi connectivity index (χ0n) is 16.9. The lowest BCUT2D eigenvalue weighted by Gasteiger charge is -2.06. The number of rotatable bonds is 6. The predicted octanol–water partition coefficient (Wildman–Crippen LogP) is 3.14. The number of halogens is 1. The molecule has 0 saturated heterocycles. The van der Waals surface area contributed by atoms with E-state index in [2.05, 4.69) is 15.8 Å². The number of anilines is 1. The molecule has 3 aromatic carbocycles. The number of amides is 2. The van der Waals surface area contributed by atoms with E-state index in [0.29, 0.717) is 17.0 Å². The summed E-state index contributed by atoms with van der Waals surface area (Å²) in [7, 11) is 1.49. The van der Waals surface area contributed by atoms with Gasteiger partial charge in [0.05, 0.1) is 18.9 Å². The van der Waals surface area contributed by atoms with Crippen LogP contribution in [0.3, 0.4) is 0 Å². The molecule has 8 nitrogen and oxygen atoms in total. The van der Waals surface area contributed by atoms with Crippen molar-refractivity contribution in [3.8, 4) is 11.5 Å². The smallest absolute Gasteiger partial charge is 0.346 e. The summed E-state index contributed by atoms with van der Waals surface area (Å²) in [6.07, 6.45) is 1.30. The van der Waals surface area contributed by atoms with Crippen LogP contribution in [-0.2, 0) is 9.59 Å². The van der Waals surface area contributed by atoms with Crippen LogP contribution in [0, 0.1) is 5.82 Å². The van der Waals surface area contributed by atoms with Crippen LogP contribution in [0.25, 0.3) is 0 Å². The normalized spacial score (nSPS) is 10.4. The molecule has 0 aliphatic rings. The third-order valence-corrected chi connectivity index (χ3v) is 4.10. The number of carbonyl (C=O) groups excluding carboxylic acids is 3. The van der Waals surface area contributed by atoms with Gasteiger partial charge in [0.2, 0.25) is 0 Å². The first-order valence-corrected chi connectivity index (χ1v) is 9.31. The van der Waals surface area contributed by atoms with E-state index in [1.165, 1.54) is 49.7 Å². The number of hydrazone groups is 1. The van der Waals surface area contributed by atoms with Crippen LogP contribution in [0.1, 0.15) is 15.9 Å². The molecule has 0 fully saturated rings. The van der Waals surface area contributed by atoms with E-state index in [-0.39, 0.29) is 11.3 Å². The number of carbonyl (C=O) groups is 3. The molecule has 2 amide bonds. The largest absolute Gasteiger partial charge is 0.497 e. The first-order valence-electron chi connectivity index (χ1n) is 9.31. The highest BCUT2D eigenvalue weighted by Crippen LogP contribution is 2.17. The summed E-state index contributed by atoms with van der Waals surface area (Å²) in [6, 6.07) is 18.1. The summed E-state index contributed by atoms with van der Waals surface area (Å²) in [5.74, 6) is -2.61. The van der Waals surface area contributed by atoms with Crippen LogP contribution in [0.2, 0.25) is 0 Å². The second kappa shape index (κ2) is 10.5. The van der Waals surface area contributed by atoms with Crippen LogP contribution < -0.4 is 20.2 Å². The number of hydrogen-bond donors (Lipinski definition) is 2. The second-order valence-corrected chi connectivity index (χ2v) is 6.32. The summed E-state index contributed by atoms with van der Waals surface area (Å²) in [5, 5.41) is 6.15. The topological polar surface area (TPSA) is 106 Å². The minimum atomic E-state index is -0.959. The Bertz CT molecular complexity index is 1160. The molecule has 0 unspecified atom stereocenters. The highest BCUT2D eigenvalue weighted by atomic mass is 19.1. The van der Waals surface area contributed by atoms with Crippen LogP contribution in [0.4, 0.5) is 10.1 Å². The summed E-state index contributed by atoms with van der Waals surface area (Å²) in [6.45, 7) is 0. The maximum Gasteiger partial charge on any atom is 0.346 e. The Morgan fingerprint density at radius 2 is 1.66 bits per heavy atom. The molecule has 0 saturated carbocycles. The van der Waals surface area contributed by atoms with E-state index >= 15 is 0 Å². The summed E-state index contributed by atoms with van der Waals surface area (Å²) in [4.78, 5) is 35.8. The maximum absolute atomic E-state index is 13.6. The molecule has 2 N–H and O–H groups in total. The van der Waals surface area contributed by atoms with Crippen molar-refractivity contribution in [1.29, 1.82) is 0 Å². The van der Waals surface area contributed by atoms with Crippen molar-refractivity contribution in [3.63, 3.8) is 0 Å². The lowest BCUT2D eigenvalue weighted by Crippen LogP contribution is -2.32. The maximum atomic E-state index is 13.6. The van der Waals surface area contributed by atoms with Gasteiger partial charge in [-0.3, -0.25) is 9.59 Å². The molecule has 0 aromatic heterocycles. The van der Waals surface area contributed by atoms with Gasteiger partial charge >= 0.3 is 17.8 Å². The molecule has 0 spiro atoms. The van der Waals surface area contributed by atoms with Crippen molar-refractivity contribution < 1.29 is 28.2 Å². The molecule has 3 rings (SSSR count). The van der Waals surface area contributed by atoms with Gasteiger partial charge in [-0.05, 0) is 54.1 Å². The number of methoxy groups -OCH3 is 1. The highest BCUT2D eigenvalue weighted by molar-refractivity contribution is 6.39. The summed E-state index contributed by atoms with van der Waals surface area (Å²) >= 11 is 0. The van der Waals surface area contributed by atoms with Gasteiger partial charge in [0.1, 0.15) is 17.3 Å². The number of nitrogens with zero attached hydrogens (tertiary/aromatic N) is 1. The Balaban J connectivity index is 1.52. The predicted molar refractivity (Wildman–Crippen MR) is 115 cm³/mol. The molecular weight excluding hydrogens is 417 g/mol. The zero-order valence-corrected chi connectivity index (χ0v) is 16.9. The van der Waals surface area contributed by atoms with Crippen molar-refractivity contribution >= 4 is 29.7 Å². The first-order chi connectivity index (χ1) is 15.5. The minimum Gasteiger partial charge on any atom is -0.497 e. The Labute approximate surface area is 182 Å². The van der Waals surface area contributed by atoms with Gasteiger partial charge in [0.25, 0.3) is 0 Å². The Morgan fingerprint density at radius 1 is 0.906 bits per heavy atom. The summed E-state index contributed by atoms with van der Waals surface area (Å²) < 4.78 is 23.8. The lowest BCUT2D eigenvalue weighted by molar-refractivity contribution is -0.136. The fourth-order valence-corrected chi connectivity index (χ4v) is 2.52. The van der Waals surface area contributed by atoms with E-state index in [1.807, 2.05) is 0 Å². The van der Waals surface area contributed by atoms with Gasteiger partial charge in [-0.2, -0.15) is 5.10 Å². The van der Waals surface area contributed by atoms with Gasteiger partial charge in [0, 0.05) is 11.8 Å². The van der Waals surface area contributed by atoms with Crippen LogP contribution >= 0.6 is 0 Å². The fraction of sp³-hybridized carbons (Fsp3) is 0.0435. The van der Waals surface area contributed by atoms with Crippen molar-refractivity contribution in [1.82, 2.24) is 5.43 Å². The van der Waals surface area contributed by atoms with E-state index in [9.17, 15) is 18.8 Å². The molecule has 9 heteroatoms. The Kier molecular flexibility index (Phi) is 7.26. The number of nitrogens with one attached hydrogen (secondary N) is 2. The van der Waals surface area contributed by atoms with E-state index in [4.69, 9.17) is 9.47 Å². The number of esters is 1. The monoisotopic (exact) mass is 435 g/mol. The highest BCUT2D eigenvalue weighted by Gasteiger charge is 2.14. The third kappa shape index (κ3) is 5.99. The van der Waals surface area contributed by atoms with Crippen LogP contribution in [0.15, 0.2) is 77.9 Å². The van der Waals surface area contributed by atoms with Crippen molar-refractivity contribution in [2.75, 3.05) is 12.4 Å². The van der Waals surface area contributed by atoms with Gasteiger partial charge in [-0.15, -0.1) is 0 Å². The number of hydrogen-bond acceptors (Lipinski definition) is 6. The van der Waals surface area contributed by atoms with Gasteiger partial charge in [-0.1, -0.05) is 18.2 Å². The average Bonchev–Trinajstić information content (AvgIpc) is 2.80. The molecule has 0 aliphatic carbocycles. The van der Waals surface area contributed by atoms with Crippen LogP contribution in [0.5, 0.6) is 11.5 Å². The molecular formula is C23H18FN3O5. The van der Waals surface area contributed by atoms with E-state index in [1.54, 1.807) is 36.4 Å². The standard InChI is InChI=1S/C23H18FN3O5/c1-31-18-6-4-5-16(13-18)26-21(28)22(29)27-25-14-15-9-11-17(12-10-15)32-23(30)19-7-2-3-8-20(19)24/h2-14H,1H3,(H,26,28)(H,27,29). The molecule has 0 radical (unpaired) electrons. The minimum absolute atomic E-state index is 0.173. The molecule has 0 atom stereocenters. The fourth-order valence-electron chi connectivity index (χ4n) is 2.52. The zero-order chi connectivity index (χ0) is 22.9. The summed E-state index contributed by atoms with van der Waals surface area (Å²) in [5.41, 5.74) is 2.90. The quantitative estimate of drug-likeness (QED) is 0.203. The molecule has 3 aromatic rings.